The molecular weight excluding hydrogens is 330 g/mol. The van der Waals surface area contributed by atoms with Crippen LogP contribution in [0, 0.1) is 11.6 Å². The van der Waals surface area contributed by atoms with Crippen LogP contribution in [-0.4, -0.2) is 28.7 Å². The van der Waals surface area contributed by atoms with Crippen LogP contribution in [0.1, 0.15) is 36.8 Å². The largest absolute Gasteiger partial charge is 0.443 e. The highest BCUT2D eigenvalue weighted by atomic mass is 19.1. The Kier molecular flexibility index (Phi) is 4.10. The van der Waals surface area contributed by atoms with E-state index in [0.29, 0.717) is 18.7 Å². The number of hydrogen-bond acceptors (Lipinski definition) is 3. The summed E-state index contributed by atoms with van der Waals surface area (Å²) in [6, 6.07) is 4.77. The van der Waals surface area contributed by atoms with Gasteiger partial charge >= 0.3 is 6.09 Å². The molecule has 7 heteroatoms. The maximum atomic E-state index is 14.3. The molecule has 132 valence electrons. The molecule has 2 heterocycles. The smallest absolute Gasteiger partial charge is 0.419 e. The maximum absolute atomic E-state index is 14.3. The lowest BCUT2D eigenvalue weighted by Gasteiger charge is -2.23. The molecule has 0 saturated carbocycles. The molecular formula is C18H18F2N2O3. The molecule has 0 fully saturated rings. The van der Waals surface area contributed by atoms with Crippen molar-refractivity contribution in [3.8, 4) is 11.3 Å². The minimum Gasteiger partial charge on any atom is -0.443 e. The van der Waals surface area contributed by atoms with Gasteiger partial charge in [-0.05, 0) is 39.0 Å². The number of fused-ring (bicyclic) bond motifs is 1. The lowest BCUT2D eigenvalue weighted by atomic mass is 10.1. The fourth-order valence-electron chi connectivity index (χ4n) is 2.83. The molecule has 1 aliphatic heterocycles. The molecule has 2 aromatic rings. The number of halogens is 2. The van der Waals surface area contributed by atoms with Crippen LogP contribution in [0.2, 0.25) is 0 Å². The fraction of sp³-hybridized carbons (Fsp3) is 0.333. The summed E-state index contributed by atoms with van der Waals surface area (Å²) in [6.07, 6.45) is -0.419. The van der Waals surface area contributed by atoms with Crippen LogP contribution in [0.15, 0.2) is 24.3 Å². The van der Waals surface area contributed by atoms with Gasteiger partial charge in [0.25, 0.3) is 5.91 Å². The number of hydrogen-bond donors (Lipinski definition) is 1. The Balaban J connectivity index is 2.25. The number of carbonyl (C=O) groups is 2. The standard InChI is InChI=1S/C18H18F2N2O3/c1-18(2,3)25-17(24)22-13-7-8-21-16(23)10(13)9-14(22)15-11(19)5-4-6-12(15)20/h4-6,9H,7-8H2,1-3H3,(H,21,23). The van der Waals surface area contributed by atoms with E-state index in [0.717, 1.165) is 16.7 Å². The molecule has 0 spiro atoms. The third-order valence-electron chi connectivity index (χ3n) is 3.79. The zero-order valence-corrected chi connectivity index (χ0v) is 14.2. The van der Waals surface area contributed by atoms with Crippen molar-refractivity contribution in [3.63, 3.8) is 0 Å². The van der Waals surface area contributed by atoms with Gasteiger partial charge in [-0.3, -0.25) is 4.79 Å². The van der Waals surface area contributed by atoms with Gasteiger partial charge in [0, 0.05) is 18.7 Å². The summed E-state index contributed by atoms with van der Waals surface area (Å²) in [7, 11) is 0. The van der Waals surface area contributed by atoms with Crippen LogP contribution in [0.3, 0.4) is 0 Å². The van der Waals surface area contributed by atoms with Gasteiger partial charge in [-0.1, -0.05) is 6.07 Å². The number of ether oxygens (including phenoxy) is 1. The quantitative estimate of drug-likeness (QED) is 0.858. The second-order valence-corrected chi connectivity index (χ2v) is 6.81. The first-order valence-electron chi connectivity index (χ1n) is 7.89. The van der Waals surface area contributed by atoms with E-state index in [2.05, 4.69) is 5.32 Å². The highest BCUT2D eigenvalue weighted by Crippen LogP contribution is 2.32. The number of benzene rings is 1. The van der Waals surface area contributed by atoms with Gasteiger partial charge in [0.2, 0.25) is 0 Å². The van der Waals surface area contributed by atoms with Crippen LogP contribution in [0.5, 0.6) is 0 Å². The van der Waals surface area contributed by atoms with Gasteiger partial charge in [0.15, 0.2) is 0 Å². The van der Waals surface area contributed by atoms with E-state index < -0.39 is 23.3 Å². The van der Waals surface area contributed by atoms with Crippen molar-refractivity contribution in [3.05, 3.63) is 47.2 Å². The van der Waals surface area contributed by atoms with Gasteiger partial charge in [0.05, 0.1) is 16.8 Å². The Labute approximate surface area is 143 Å². The van der Waals surface area contributed by atoms with Crippen molar-refractivity contribution < 1.29 is 23.1 Å². The molecule has 1 N–H and O–H groups in total. The average molecular weight is 348 g/mol. The summed E-state index contributed by atoms with van der Waals surface area (Å²) in [4.78, 5) is 24.8. The van der Waals surface area contributed by atoms with Gasteiger partial charge in [-0.2, -0.15) is 0 Å². The summed E-state index contributed by atoms with van der Waals surface area (Å²) in [5.74, 6) is -2.03. The zero-order chi connectivity index (χ0) is 18.4. The minimum atomic E-state index is -0.819. The van der Waals surface area contributed by atoms with Crippen LogP contribution >= 0.6 is 0 Å². The van der Waals surface area contributed by atoms with E-state index in [9.17, 15) is 18.4 Å². The summed E-state index contributed by atoms with van der Waals surface area (Å²) in [5.41, 5.74) is -0.594. The third-order valence-corrected chi connectivity index (χ3v) is 3.79. The molecule has 3 rings (SSSR count). The summed E-state index contributed by atoms with van der Waals surface area (Å²) in [6.45, 7) is 5.41. The fourth-order valence-corrected chi connectivity index (χ4v) is 2.83. The highest BCUT2D eigenvalue weighted by Gasteiger charge is 2.31. The monoisotopic (exact) mass is 348 g/mol. The predicted octanol–water partition coefficient (Wildman–Crippen LogP) is 3.50. The average Bonchev–Trinajstić information content (AvgIpc) is 2.86. The summed E-state index contributed by atoms with van der Waals surface area (Å²) >= 11 is 0. The Morgan fingerprint density at radius 2 is 1.88 bits per heavy atom. The number of nitrogens with one attached hydrogen (secondary N) is 1. The zero-order valence-electron chi connectivity index (χ0n) is 14.2. The highest BCUT2D eigenvalue weighted by molar-refractivity contribution is 6.00. The van der Waals surface area contributed by atoms with Crippen molar-refractivity contribution in [1.29, 1.82) is 0 Å². The molecule has 1 amide bonds. The molecule has 0 bridgehead atoms. The number of carbonyl (C=O) groups excluding carboxylic acids is 2. The van der Waals surface area contributed by atoms with Crippen LogP contribution in [-0.2, 0) is 11.2 Å². The predicted molar refractivity (Wildman–Crippen MR) is 87.5 cm³/mol. The van der Waals surface area contributed by atoms with E-state index in [-0.39, 0.29) is 22.7 Å². The van der Waals surface area contributed by atoms with Gasteiger partial charge in [-0.25, -0.2) is 18.1 Å². The number of rotatable bonds is 1. The number of amides is 1. The van der Waals surface area contributed by atoms with E-state index in [1.807, 2.05) is 0 Å². The summed E-state index contributed by atoms with van der Waals surface area (Å²) < 4.78 is 35.0. The molecule has 0 unspecified atom stereocenters. The Morgan fingerprint density at radius 3 is 2.48 bits per heavy atom. The second kappa shape index (κ2) is 5.98. The molecule has 25 heavy (non-hydrogen) atoms. The van der Waals surface area contributed by atoms with E-state index in [1.54, 1.807) is 20.8 Å². The lowest BCUT2D eigenvalue weighted by molar-refractivity contribution is 0.0535. The lowest BCUT2D eigenvalue weighted by Crippen LogP contribution is -2.34. The van der Waals surface area contributed by atoms with E-state index >= 15 is 0 Å². The molecule has 0 saturated heterocycles. The number of aromatic nitrogens is 1. The Hall–Kier alpha value is -2.70. The van der Waals surface area contributed by atoms with E-state index in [1.165, 1.54) is 12.1 Å². The molecule has 0 radical (unpaired) electrons. The first-order valence-corrected chi connectivity index (χ1v) is 7.89. The van der Waals surface area contributed by atoms with Crippen LogP contribution in [0.25, 0.3) is 11.3 Å². The molecule has 1 aliphatic rings. The van der Waals surface area contributed by atoms with Crippen molar-refractivity contribution >= 4 is 12.0 Å². The normalized spacial score (nSPS) is 14.0. The van der Waals surface area contributed by atoms with Crippen molar-refractivity contribution in [2.24, 2.45) is 0 Å². The van der Waals surface area contributed by atoms with Gasteiger partial charge in [-0.15, -0.1) is 0 Å². The van der Waals surface area contributed by atoms with Gasteiger partial charge in [0.1, 0.15) is 17.2 Å². The maximum Gasteiger partial charge on any atom is 0.419 e. The topological polar surface area (TPSA) is 60.3 Å². The van der Waals surface area contributed by atoms with Crippen molar-refractivity contribution in [2.75, 3.05) is 6.54 Å². The van der Waals surface area contributed by atoms with Crippen molar-refractivity contribution in [2.45, 2.75) is 32.8 Å². The van der Waals surface area contributed by atoms with Crippen LogP contribution in [0.4, 0.5) is 13.6 Å². The van der Waals surface area contributed by atoms with Gasteiger partial charge < -0.3 is 10.1 Å². The Bertz CT molecular complexity index is 846. The minimum absolute atomic E-state index is 0.0353. The van der Waals surface area contributed by atoms with E-state index in [4.69, 9.17) is 4.74 Å². The first kappa shape index (κ1) is 17.1. The molecule has 0 atom stereocenters. The molecule has 1 aromatic carbocycles. The third kappa shape index (κ3) is 3.14. The SMILES string of the molecule is CC(C)(C)OC(=O)n1c(-c2c(F)cccc2F)cc2c1CCNC2=O. The van der Waals surface area contributed by atoms with Crippen molar-refractivity contribution in [1.82, 2.24) is 9.88 Å². The summed E-state index contributed by atoms with van der Waals surface area (Å²) in [5, 5.41) is 2.65. The second-order valence-electron chi connectivity index (χ2n) is 6.81. The molecule has 5 nitrogen and oxygen atoms in total. The first-order chi connectivity index (χ1) is 11.7. The molecule has 0 aliphatic carbocycles. The molecule has 1 aromatic heterocycles. The Morgan fingerprint density at radius 1 is 1.24 bits per heavy atom. The van der Waals surface area contributed by atoms with Crippen LogP contribution < -0.4 is 5.32 Å². The number of nitrogens with zero attached hydrogens (tertiary/aromatic N) is 1.